The van der Waals surface area contributed by atoms with Crippen LogP contribution < -0.4 is 0 Å². The minimum Gasteiger partial charge on any atom is -0.476 e. The SMILES string of the molecule is COCCCC1(C(O)C=CC2C(C)OC(=O)N2CCSc2nc(C(=O)O)cs2)CCCC1. The number of hydrogen-bond acceptors (Lipinski definition) is 8. The number of cyclic esters (lactones) is 1. The fourth-order valence-corrected chi connectivity index (χ4v) is 6.40. The Kier molecular flexibility index (Phi) is 8.98. The highest BCUT2D eigenvalue weighted by molar-refractivity contribution is 8.01. The smallest absolute Gasteiger partial charge is 0.410 e. The lowest BCUT2D eigenvalue weighted by Gasteiger charge is -2.33. The topological polar surface area (TPSA) is 109 Å². The van der Waals surface area contributed by atoms with Gasteiger partial charge in [-0.25, -0.2) is 14.6 Å². The van der Waals surface area contributed by atoms with Crippen molar-refractivity contribution in [3.05, 3.63) is 23.2 Å². The molecule has 2 heterocycles. The average molecular weight is 485 g/mol. The zero-order chi connectivity index (χ0) is 23.1. The molecule has 2 fully saturated rings. The number of thioether (sulfide) groups is 1. The summed E-state index contributed by atoms with van der Waals surface area (Å²) in [6.45, 7) is 2.99. The third-order valence-electron chi connectivity index (χ3n) is 6.36. The normalized spacial score (nSPS) is 23.7. The molecule has 8 nitrogen and oxygen atoms in total. The van der Waals surface area contributed by atoms with Gasteiger partial charge in [-0.05, 0) is 38.0 Å². The Morgan fingerprint density at radius 1 is 1.50 bits per heavy atom. The van der Waals surface area contributed by atoms with E-state index in [-0.39, 0.29) is 29.3 Å². The van der Waals surface area contributed by atoms with Crippen molar-refractivity contribution in [2.24, 2.45) is 5.41 Å². The molecular weight excluding hydrogens is 452 g/mol. The number of methoxy groups -OCH3 is 1. The second-order valence-electron chi connectivity index (χ2n) is 8.42. The maximum absolute atomic E-state index is 12.4. The third kappa shape index (κ3) is 6.03. The van der Waals surface area contributed by atoms with Crippen LogP contribution in [0.2, 0.25) is 0 Å². The molecular formula is C22H32N2O6S2. The van der Waals surface area contributed by atoms with Crippen LogP contribution in [0, 0.1) is 5.41 Å². The minimum atomic E-state index is -1.05. The van der Waals surface area contributed by atoms with Crippen LogP contribution >= 0.6 is 23.1 Å². The molecule has 1 aromatic rings. The predicted molar refractivity (Wildman–Crippen MR) is 123 cm³/mol. The number of amides is 1. The predicted octanol–water partition coefficient (Wildman–Crippen LogP) is 4.05. The number of carboxylic acids is 1. The molecule has 3 atom stereocenters. The monoisotopic (exact) mass is 484 g/mol. The van der Waals surface area contributed by atoms with Gasteiger partial charge < -0.3 is 19.7 Å². The number of carbonyl (C=O) groups excluding carboxylic acids is 1. The molecule has 1 aliphatic carbocycles. The quantitative estimate of drug-likeness (QED) is 0.260. The first-order valence-corrected chi connectivity index (χ1v) is 12.9. The van der Waals surface area contributed by atoms with E-state index in [4.69, 9.17) is 14.6 Å². The summed E-state index contributed by atoms with van der Waals surface area (Å²) in [7, 11) is 1.70. The van der Waals surface area contributed by atoms with Gasteiger partial charge in [-0.1, -0.05) is 36.8 Å². The summed E-state index contributed by atoms with van der Waals surface area (Å²) in [5.41, 5.74) is -0.0809. The highest BCUT2D eigenvalue weighted by Gasteiger charge is 2.40. The number of ether oxygens (including phenoxy) is 2. The summed E-state index contributed by atoms with van der Waals surface area (Å²) >= 11 is 2.69. The number of aliphatic hydroxyl groups excluding tert-OH is 1. The molecule has 3 rings (SSSR count). The molecule has 2 aliphatic rings. The summed E-state index contributed by atoms with van der Waals surface area (Å²) in [6, 6.07) is -0.249. The van der Waals surface area contributed by atoms with Crippen LogP contribution in [0.4, 0.5) is 4.79 Å². The molecule has 10 heteroatoms. The van der Waals surface area contributed by atoms with Crippen LogP contribution in [0.25, 0.3) is 0 Å². The molecule has 0 aromatic carbocycles. The molecule has 1 aliphatic heterocycles. The Labute approximate surface area is 197 Å². The standard InChI is InChI=1S/C22H32N2O6S2/c1-15-17(6-7-18(25)22(8-3-4-9-22)10-5-12-29-2)24(21(28)30-15)11-13-31-20-23-16(14-32-20)19(26)27/h6-7,14-15,17-18,25H,3-5,8-13H2,1-2H3,(H,26,27). The van der Waals surface area contributed by atoms with Gasteiger partial charge in [0.05, 0.1) is 12.1 Å². The molecule has 0 spiro atoms. The lowest BCUT2D eigenvalue weighted by Crippen LogP contribution is -2.37. The summed E-state index contributed by atoms with van der Waals surface area (Å²) in [4.78, 5) is 29.1. The van der Waals surface area contributed by atoms with Crippen LogP contribution in [0.5, 0.6) is 0 Å². The van der Waals surface area contributed by atoms with E-state index < -0.39 is 12.1 Å². The molecule has 2 N–H and O–H groups in total. The first-order chi connectivity index (χ1) is 15.4. The van der Waals surface area contributed by atoms with Gasteiger partial charge in [0.15, 0.2) is 10.0 Å². The number of aromatic nitrogens is 1. The lowest BCUT2D eigenvalue weighted by molar-refractivity contribution is 0.0489. The van der Waals surface area contributed by atoms with Crippen LogP contribution in [-0.2, 0) is 9.47 Å². The second-order valence-corrected chi connectivity index (χ2v) is 10.6. The van der Waals surface area contributed by atoms with Crippen molar-refractivity contribution in [3.8, 4) is 0 Å². The molecule has 1 saturated carbocycles. The van der Waals surface area contributed by atoms with Crippen LogP contribution in [0.1, 0.15) is 55.9 Å². The minimum absolute atomic E-state index is 0.0350. The largest absolute Gasteiger partial charge is 0.476 e. The summed E-state index contributed by atoms with van der Waals surface area (Å²) < 4.78 is 11.3. The Morgan fingerprint density at radius 2 is 2.25 bits per heavy atom. The number of hydrogen-bond donors (Lipinski definition) is 2. The van der Waals surface area contributed by atoms with Crippen LogP contribution in [0.3, 0.4) is 0 Å². The Bertz CT molecular complexity index is 808. The summed E-state index contributed by atoms with van der Waals surface area (Å²) in [5, 5.41) is 21.5. The van der Waals surface area contributed by atoms with Crippen molar-refractivity contribution < 1.29 is 29.3 Å². The van der Waals surface area contributed by atoms with Crippen LogP contribution in [0.15, 0.2) is 21.9 Å². The third-order valence-corrected chi connectivity index (χ3v) is 8.36. The maximum atomic E-state index is 12.4. The van der Waals surface area contributed by atoms with Gasteiger partial charge in [-0.2, -0.15) is 0 Å². The fraction of sp³-hybridized carbons (Fsp3) is 0.682. The zero-order valence-electron chi connectivity index (χ0n) is 18.6. The van der Waals surface area contributed by atoms with E-state index in [9.17, 15) is 14.7 Å². The molecule has 1 aromatic heterocycles. The number of aliphatic hydroxyl groups is 1. The van der Waals surface area contributed by atoms with Gasteiger partial charge in [-0.3, -0.25) is 4.90 Å². The number of aromatic carboxylic acids is 1. The van der Waals surface area contributed by atoms with E-state index in [1.54, 1.807) is 12.0 Å². The molecule has 32 heavy (non-hydrogen) atoms. The molecule has 0 radical (unpaired) electrons. The van der Waals surface area contributed by atoms with Crippen molar-refractivity contribution in [1.82, 2.24) is 9.88 Å². The van der Waals surface area contributed by atoms with Gasteiger partial charge in [0.2, 0.25) is 0 Å². The number of carboxylic acid groups (broad SMARTS) is 1. The van der Waals surface area contributed by atoms with Gasteiger partial charge >= 0.3 is 12.1 Å². The molecule has 1 amide bonds. The van der Waals surface area contributed by atoms with Gasteiger partial charge in [0.25, 0.3) is 0 Å². The number of thiazole rings is 1. The number of rotatable bonds is 12. The van der Waals surface area contributed by atoms with E-state index in [1.807, 2.05) is 19.1 Å². The number of carbonyl (C=O) groups is 2. The average Bonchev–Trinajstić information content (AvgIpc) is 3.48. The van der Waals surface area contributed by atoms with E-state index in [2.05, 4.69) is 4.98 Å². The first kappa shape index (κ1) is 25.0. The zero-order valence-corrected chi connectivity index (χ0v) is 20.2. The number of nitrogens with zero attached hydrogens (tertiary/aromatic N) is 2. The second kappa shape index (κ2) is 11.5. The van der Waals surface area contributed by atoms with Crippen molar-refractivity contribution in [1.29, 1.82) is 0 Å². The molecule has 3 unspecified atom stereocenters. The van der Waals surface area contributed by atoms with Crippen molar-refractivity contribution in [2.45, 2.75) is 68.0 Å². The van der Waals surface area contributed by atoms with Crippen molar-refractivity contribution in [2.75, 3.05) is 26.0 Å². The highest BCUT2D eigenvalue weighted by atomic mass is 32.2. The molecule has 1 saturated heterocycles. The van der Waals surface area contributed by atoms with Gasteiger partial charge in [0, 0.05) is 31.4 Å². The van der Waals surface area contributed by atoms with Gasteiger partial charge in [0.1, 0.15) is 6.10 Å². The van der Waals surface area contributed by atoms with Crippen molar-refractivity contribution >= 4 is 35.2 Å². The lowest BCUT2D eigenvalue weighted by atomic mass is 9.76. The fourth-order valence-electron chi connectivity index (χ4n) is 4.59. The Balaban J connectivity index is 1.59. The maximum Gasteiger partial charge on any atom is 0.410 e. The van der Waals surface area contributed by atoms with Gasteiger partial charge in [-0.15, -0.1) is 11.3 Å². The molecule has 178 valence electrons. The van der Waals surface area contributed by atoms with E-state index in [1.165, 1.54) is 28.5 Å². The van der Waals surface area contributed by atoms with Crippen LogP contribution in [-0.4, -0.2) is 76.4 Å². The summed E-state index contributed by atoms with van der Waals surface area (Å²) in [5.74, 6) is -0.474. The van der Waals surface area contributed by atoms with E-state index in [0.717, 1.165) is 38.5 Å². The van der Waals surface area contributed by atoms with E-state index >= 15 is 0 Å². The van der Waals surface area contributed by atoms with E-state index in [0.29, 0.717) is 23.2 Å². The van der Waals surface area contributed by atoms with Crippen molar-refractivity contribution in [3.63, 3.8) is 0 Å². The molecule has 0 bridgehead atoms. The highest BCUT2D eigenvalue weighted by Crippen LogP contribution is 2.45. The first-order valence-electron chi connectivity index (χ1n) is 11.0. The Morgan fingerprint density at radius 3 is 2.91 bits per heavy atom. The Hall–Kier alpha value is -1.62. The summed E-state index contributed by atoms with van der Waals surface area (Å²) in [6.07, 6.45) is 8.63.